The molecule has 0 bridgehead atoms. The number of rotatable bonds is 7. The van der Waals surface area contributed by atoms with Crippen molar-refractivity contribution in [1.29, 1.82) is 0 Å². The predicted octanol–water partition coefficient (Wildman–Crippen LogP) is 3.51. The molecule has 162 valence electrons. The first-order valence-corrected chi connectivity index (χ1v) is 11.5. The van der Waals surface area contributed by atoms with E-state index in [4.69, 9.17) is 4.74 Å². The van der Waals surface area contributed by atoms with Crippen LogP contribution in [-0.2, 0) is 4.79 Å². The summed E-state index contributed by atoms with van der Waals surface area (Å²) >= 11 is 1.40. The fraction of sp³-hybridized carbons (Fsp3) is 0.348. The van der Waals surface area contributed by atoms with Crippen molar-refractivity contribution in [1.82, 2.24) is 14.9 Å². The largest absolute Gasteiger partial charge is 0.497 e. The lowest BCUT2D eigenvalue weighted by atomic mass is 10.2. The summed E-state index contributed by atoms with van der Waals surface area (Å²) in [6.45, 7) is 5.89. The summed E-state index contributed by atoms with van der Waals surface area (Å²) in [6, 6.07) is 16.0. The number of para-hydroxylation sites is 1. The van der Waals surface area contributed by atoms with Gasteiger partial charge in [0.1, 0.15) is 11.6 Å². The van der Waals surface area contributed by atoms with Gasteiger partial charge in [0.15, 0.2) is 5.16 Å². The minimum atomic E-state index is 0.126. The number of carbonyl (C=O) groups is 1. The number of carbonyl (C=O) groups excluding carboxylic acids is 1. The Kier molecular flexibility index (Phi) is 6.76. The topological polar surface area (TPSA) is 70.6 Å². The molecule has 1 aliphatic heterocycles. The molecule has 7 nitrogen and oxygen atoms in total. The Morgan fingerprint density at radius 3 is 2.52 bits per heavy atom. The molecule has 4 rings (SSSR count). The molecule has 1 N–H and O–H groups in total. The lowest BCUT2D eigenvalue weighted by Gasteiger charge is -2.36. The van der Waals surface area contributed by atoms with Crippen molar-refractivity contribution in [2.75, 3.05) is 55.8 Å². The maximum Gasteiger partial charge on any atom is 0.233 e. The zero-order chi connectivity index (χ0) is 21.6. The summed E-state index contributed by atoms with van der Waals surface area (Å²) in [6.07, 6.45) is 0. The van der Waals surface area contributed by atoms with E-state index in [1.807, 2.05) is 48.2 Å². The average Bonchev–Trinajstić information content (AvgIpc) is 2.83. The minimum Gasteiger partial charge on any atom is -0.497 e. The van der Waals surface area contributed by atoms with E-state index in [9.17, 15) is 4.79 Å². The number of hydrogen-bond acceptors (Lipinski definition) is 7. The highest BCUT2D eigenvalue weighted by Gasteiger charge is 2.22. The number of piperazine rings is 1. The van der Waals surface area contributed by atoms with E-state index in [2.05, 4.69) is 32.3 Å². The van der Waals surface area contributed by atoms with Crippen LogP contribution in [0.25, 0.3) is 10.9 Å². The molecule has 0 radical (unpaired) electrons. The fourth-order valence-corrected chi connectivity index (χ4v) is 4.40. The Morgan fingerprint density at radius 2 is 1.81 bits per heavy atom. The van der Waals surface area contributed by atoms with Crippen LogP contribution in [0.15, 0.2) is 53.7 Å². The molecular formula is C23H27N5O2S. The summed E-state index contributed by atoms with van der Waals surface area (Å²) in [5, 5.41) is 4.92. The van der Waals surface area contributed by atoms with Gasteiger partial charge in [0.2, 0.25) is 5.91 Å². The molecular weight excluding hydrogens is 410 g/mol. The number of nitrogens with zero attached hydrogens (tertiary/aromatic N) is 4. The first kappa shape index (κ1) is 21.2. The molecule has 1 aliphatic rings. The number of thioether (sulfide) groups is 1. The first-order chi connectivity index (χ1) is 15.2. The van der Waals surface area contributed by atoms with E-state index in [0.717, 1.165) is 47.8 Å². The number of benzene rings is 2. The summed E-state index contributed by atoms with van der Waals surface area (Å²) < 4.78 is 5.23. The molecule has 1 saturated heterocycles. The zero-order valence-electron chi connectivity index (χ0n) is 17.9. The third-order valence-electron chi connectivity index (χ3n) is 5.32. The average molecular weight is 438 g/mol. The Hall–Kier alpha value is -3.00. The lowest BCUT2D eigenvalue weighted by molar-refractivity contribution is -0.128. The third kappa shape index (κ3) is 5.02. The van der Waals surface area contributed by atoms with Gasteiger partial charge in [-0.15, -0.1) is 0 Å². The molecule has 2 aromatic carbocycles. The van der Waals surface area contributed by atoms with Crippen molar-refractivity contribution in [3.8, 4) is 5.75 Å². The molecule has 31 heavy (non-hydrogen) atoms. The van der Waals surface area contributed by atoms with E-state index < -0.39 is 0 Å². The number of hydrogen-bond donors (Lipinski definition) is 1. The van der Waals surface area contributed by atoms with Crippen LogP contribution in [0.2, 0.25) is 0 Å². The monoisotopic (exact) mass is 437 g/mol. The number of aromatic nitrogens is 2. The summed E-state index contributed by atoms with van der Waals surface area (Å²) in [7, 11) is 1.67. The van der Waals surface area contributed by atoms with E-state index in [0.29, 0.717) is 24.0 Å². The van der Waals surface area contributed by atoms with Gasteiger partial charge in [-0.25, -0.2) is 9.97 Å². The second-order valence-corrected chi connectivity index (χ2v) is 8.20. The summed E-state index contributed by atoms with van der Waals surface area (Å²) in [5.41, 5.74) is 2.04. The number of fused-ring (bicyclic) bond motifs is 1. The van der Waals surface area contributed by atoms with Crippen LogP contribution >= 0.6 is 11.8 Å². The smallest absolute Gasteiger partial charge is 0.233 e. The summed E-state index contributed by atoms with van der Waals surface area (Å²) in [5.74, 6) is 2.13. The molecule has 0 atom stereocenters. The van der Waals surface area contributed by atoms with Gasteiger partial charge in [0, 0.05) is 43.8 Å². The lowest BCUT2D eigenvalue weighted by Crippen LogP contribution is -2.49. The number of methoxy groups -OCH3 is 1. The van der Waals surface area contributed by atoms with E-state index >= 15 is 0 Å². The molecule has 0 aliphatic carbocycles. The highest BCUT2D eigenvalue weighted by atomic mass is 32.2. The number of nitrogens with one attached hydrogen (secondary N) is 1. The molecule has 0 spiro atoms. The molecule has 3 aromatic rings. The van der Waals surface area contributed by atoms with Crippen molar-refractivity contribution >= 4 is 40.1 Å². The standard InChI is InChI=1S/C23H27N5O2S/c1-3-24-22-19-6-4-5-7-20(19)25-23(26-22)31-16-21(29)28-14-12-27(13-15-28)17-8-10-18(30-2)11-9-17/h4-11H,3,12-16H2,1-2H3,(H,24,25,26). The normalized spacial score (nSPS) is 14.0. The van der Waals surface area contributed by atoms with Gasteiger partial charge >= 0.3 is 0 Å². The van der Waals surface area contributed by atoms with Gasteiger partial charge in [-0.3, -0.25) is 4.79 Å². The Morgan fingerprint density at radius 1 is 1.06 bits per heavy atom. The number of anilines is 2. The highest BCUT2D eigenvalue weighted by Crippen LogP contribution is 2.25. The quantitative estimate of drug-likeness (QED) is 0.448. The summed E-state index contributed by atoms with van der Waals surface area (Å²) in [4.78, 5) is 26.2. The molecule has 1 aromatic heterocycles. The Balaban J connectivity index is 1.34. The molecule has 1 amide bonds. The van der Waals surface area contributed by atoms with Crippen LogP contribution in [0, 0.1) is 0 Å². The van der Waals surface area contributed by atoms with Crippen LogP contribution in [-0.4, -0.2) is 66.4 Å². The van der Waals surface area contributed by atoms with Crippen LogP contribution in [0.1, 0.15) is 6.92 Å². The molecule has 0 unspecified atom stereocenters. The van der Waals surface area contributed by atoms with Crippen molar-refractivity contribution < 1.29 is 9.53 Å². The van der Waals surface area contributed by atoms with Gasteiger partial charge in [-0.2, -0.15) is 0 Å². The molecule has 8 heteroatoms. The molecule has 2 heterocycles. The number of amides is 1. The Labute approximate surface area is 186 Å². The maximum atomic E-state index is 12.8. The van der Waals surface area contributed by atoms with E-state index in [1.54, 1.807) is 7.11 Å². The first-order valence-electron chi connectivity index (χ1n) is 10.5. The van der Waals surface area contributed by atoms with Crippen LogP contribution in [0.3, 0.4) is 0 Å². The van der Waals surface area contributed by atoms with Crippen molar-refractivity contribution in [3.05, 3.63) is 48.5 Å². The maximum absolute atomic E-state index is 12.8. The van der Waals surface area contributed by atoms with Gasteiger partial charge < -0.3 is 19.9 Å². The van der Waals surface area contributed by atoms with Gasteiger partial charge in [0.25, 0.3) is 0 Å². The highest BCUT2D eigenvalue weighted by molar-refractivity contribution is 7.99. The molecule has 0 saturated carbocycles. The van der Waals surface area contributed by atoms with Crippen LogP contribution < -0.4 is 15.0 Å². The molecule has 1 fully saturated rings. The van der Waals surface area contributed by atoms with E-state index in [-0.39, 0.29) is 5.91 Å². The van der Waals surface area contributed by atoms with Crippen molar-refractivity contribution in [3.63, 3.8) is 0 Å². The SMILES string of the molecule is CCNc1nc(SCC(=O)N2CCN(c3ccc(OC)cc3)CC2)nc2ccccc12. The van der Waals surface area contributed by atoms with Crippen molar-refractivity contribution in [2.24, 2.45) is 0 Å². The minimum absolute atomic E-state index is 0.126. The predicted molar refractivity (Wildman–Crippen MR) is 126 cm³/mol. The van der Waals surface area contributed by atoms with Gasteiger partial charge in [-0.1, -0.05) is 23.9 Å². The van der Waals surface area contributed by atoms with Crippen LogP contribution in [0.4, 0.5) is 11.5 Å². The Bertz CT molecular complexity index is 1040. The van der Waals surface area contributed by atoms with Crippen LogP contribution in [0.5, 0.6) is 5.75 Å². The number of ether oxygens (including phenoxy) is 1. The van der Waals surface area contributed by atoms with E-state index in [1.165, 1.54) is 11.8 Å². The second-order valence-electron chi connectivity index (χ2n) is 7.26. The fourth-order valence-electron chi connectivity index (χ4n) is 3.65. The second kappa shape index (κ2) is 9.87. The van der Waals surface area contributed by atoms with Gasteiger partial charge in [0.05, 0.1) is 18.4 Å². The third-order valence-corrected chi connectivity index (χ3v) is 6.15. The van der Waals surface area contributed by atoms with Crippen molar-refractivity contribution in [2.45, 2.75) is 12.1 Å². The van der Waals surface area contributed by atoms with Gasteiger partial charge in [-0.05, 0) is 43.3 Å². The zero-order valence-corrected chi connectivity index (χ0v) is 18.7.